The lowest BCUT2D eigenvalue weighted by molar-refractivity contribution is -0.121. The summed E-state index contributed by atoms with van der Waals surface area (Å²) in [5.41, 5.74) is 3.14. The Morgan fingerprint density at radius 2 is 1.84 bits per heavy atom. The maximum absolute atomic E-state index is 12.5. The Morgan fingerprint density at radius 1 is 1.03 bits per heavy atom. The average Bonchev–Trinajstić information content (AvgIpc) is 2.79. The molecule has 7 heteroatoms. The van der Waals surface area contributed by atoms with Gasteiger partial charge in [0.1, 0.15) is 0 Å². The standard InChI is InChI=1S/C24H29N5O2/c1-19-5-4-6-20(17-19)28-15-13-27(14-16-28)12-10-25-23(30)9-11-29-18-26-22-8-3-2-7-21(22)24(29)31/h2-8,17-18H,9-16H2,1H3,(H,25,30). The molecule has 1 aliphatic heterocycles. The van der Waals surface area contributed by atoms with Crippen molar-refractivity contribution in [1.82, 2.24) is 19.8 Å². The number of fused-ring (bicyclic) bond motifs is 1. The highest BCUT2D eigenvalue weighted by molar-refractivity contribution is 5.77. The zero-order chi connectivity index (χ0) is 21.6. The molecule has 7 nitrogen and oxygen atoms in total. The van der Waals surface area contributed by atoms with E-state index in [4.69, 9.17) is 0 Å². The van der Waals surface area contributed by atoms with Crippen LogP contribution in [0.1, 0.15) is 12.0 Å². The summed E-state index contributed by atoms with van der Waals surface area (Å²) in [6, 6.07) is 15.9. The summed E-state index contributed by atoms with van der Waals surface area (Å²) in [6.45, 7) is 7.88. The fourth-order valence-corrected chi connectivity index (χ4v) is 3.98. The van der Waals surface area contributed by atoms with Crippen molar-refractivity contribution >= 4 is 22.5 Å². The number of para-hydroxylation sites is 1. The van der Waals surface area contributed by atoms with E-state index in [1.807, 2.05) is 18.2 Å². The van der Waals surface area contributed by atoms with E-state index in [1.54, 1.807) is 6.07 Å². The molecule has 1 N–H and O–H groups in total. The zero-order valence-corrected chi connectivity index (χ0v) is 18.0. The smallest absolute Gasteiger partial charge is 0.261 e. The third kappa shape index (κ3) is 5.30. The average molecular weight is 420 g/mol. The second kappa shape index (κ2) is 9.75. The van der Waals surface area contributed by atoms with E-state index in [9.17, 15) is 9.59 Å². The fourth-order valence-electron chi connectivity index (χ4n) is 3.98. The quantitative estimate of drug-likeness (QED) is 0.635. The number of carbonyl (C=O) groups excluding carboxylic acids is 1. The van der Waals surface area contributed by atoms with E-state index in [0.717, 1.165) is 32.7 Å². The number of anilines is 1. The summed E-state index contributed by atoms with van der Waals surface area (Å²) in [4.78, 5) is 33.8. The van der Waals surface area contributed by atoms with Gasteiger partial charge >= 0.3 is 0 Å². The van der Waals surface area contributed by atoms with Gasteiger partial charge in [-0.05, 0) is 36.8 Å². The molecule has 1 saturated heterocycles. The Balaban J connectivity index is 1.18. The van der Waals surface area contributed by atoms with E-state index < -0.39 is 0 Å². The van der Waals surface area contributed by atoms with Gasteiger partial charge in [-0.25, -0.2) is 4.98 Å². The van der Waals surface area contributed by atoms with Gasteiger partial charge in [-0.2, -0.15) is 0 Å². The number of nitrogens with one attached hydrogen (secondary N) is 1. The molecule has 0 radical (unpaired) electrons. The van der Waals surface area contributed by atoms with Gasteiger partial charge < -0.3 is 10.2 Å². The minimum absolute atomic E-state index is 0.0431. The van der Waals surface area contributed by atoms with Gasteiger partial charge in [0.15, 0.2) is 0 Å². The van der Waals surface area contributed by atoms with Crippen molar-refractivity contribution in [3.63, 3.8) is 0 Å². The van der Waals surface area contributed by atoms with E-state index in [2.05, 4.69) is 51.3 Å². The van der Waals surface area contributed by atoms with Crippen LogP contribution in [0.2, 0.25) is 0 Å². The Morgan fingerprint density at radius 3 is 2.65 bits per heavy atom. The zero-order valence-electron chi connectivity index (χ0n) is 18.0. The van der Waals surface area contributed by atoms with Crippen molar-refractivity contribution in [2.24, 2.45) is 0 Å². The first kappa shape index (κ1) is 21.1. The molecule has 0 bridgehead atoms. The normalized spacial score (nSPS) is 14.7. The van der Waals surface area contributed by atoms with Crippen LogP contribution in [-0.2, 0) is 11.3 Å². The SMILES string of the molecule is Cc1cccc(N2CCN(CCNC(=O)CCn3cnc4ccccc4c3=O)CC2)c1. The van der Waals surface area contributed by atoms with Gasteiger partial charge in [0.2, 0.25) is 5.91 Å². The van der Waals surface area contributed by atoms with Crippen LogP contribution in [0.15, 0.2) is 59.7 Å². The van der Waals surface area contributed by atoms with E-state index in [1.165, 1.54) is 22.1 Å². The summed E-state index contributed by atoms with van der Waals surface area (Å²) in [6.07, 6.45) is 1.78. The van der Waals surface area contributed by atoms with Crippen molar-refractivity contribution in [2.75, 3.05) is 44.2 Å². The van der Waals surface area contributed by atoms with Crippen molar-refractivity contribution < 1.29 is 4.79 Å². The van der Waals surface area contributed by atoms with Crippen molar-refractivity contribution in [3.05, 3.63) is 70.8 Å². The molecule has 1 amide bonds. The van der Waals surface area contributed by atoms with E-state index >= 15 is 0 Å². The van der Waals surface area contributed by atoms with Crippen molar-refractivity contribution in [1.29, 1.82) is 0 Å². The van der Waals surface area contributed by atoms with Crippen LogP contribution >= 0.6 is 0 Å². The molecule has 4 rings (SSSR count). The van der Waals surface area contributed by atoms with Gasteiger partial charge in [-0.15, -0.1) is 0 Å². The molecule has 0 spiro atoms. The van der Waals surface area contributed by atoms with Gasteiger partial charge in [0.05, 0.1) is 17.2 Å². The summed E-state index contributed by atoms with van der Waals surface area (Å²) >= 11 is 0. The number of benzene rings is 2. The maximum atomic E-state index is 12.5. The first-order valence-electron chi connectivity index (χ1n) is 10.8. The molecule has 162 valence electrons. The molecule has 1 aromatic heterocycles. The molecule has 0 aliphatic carbocycles. The number of aromatic nitrogens is 2. The number of hydrogen-bond donors (Lipinski definition) is 1. The van der Waals surface area contributed by atoms with Crippen LogP contribution in [0, 0.1) is 6.92 Å². The molecule has 2 aromatic carbocycles. The Hall–Kier alpha value is -3.19. The monoisotopic (exact) mass is 419 g/mol. The van der Waals surface area contributed by atoms with Gasteiger partial charge in [0, 0.05) is 57.9 Å². The van der Waals surface area contributed by atoms with Crippen LogP contribution < -0.4 is 15.8 Å². The lowest BCUT2D eigenvalue weighted by Crippen LogP contribution is -2.48. The Kier molecular flexibility index (Phi) is 6.62. The molecular formula is C24H29N5O2. The summed E-state index contributed by atoms with van der Waals surface area (Å²) in [5.74, 6) is -0.0431. The number of amides is 1. The Bertz CT molecular complexity index is 1100. The van der Waals surface area contributed by atoms with Crippen molar-refractivity contribution in [2.45, 2.75) is 19.9 Å². The van der Waals surface area contributed by atoms with Crippen LogP contribution in [-0.4, -0.2) is 59.6 Å². The van der Waals surface area contributed by atoms with Gasteiger partial charge in [-0.1, -0.05) is 24.3 Å². The summed E-state index contributed by atoms with van der Waals surface area (Å²) in [5, 5.41) is 3.56. The van der Waals surface area contributed by atoms with Crippen LogP contribution in [0.5, 0.6) is 0 Å². The first-order chi connectivity index (χ1) is 15.1. The van der Waals surface area contributed by atoms with Gasteiger partial charge in [0.25, 0.3) is 5.56 Å². The third-order valence-electron chi connectivity index (χ3n) is 5.80. The molecule has 0 unspecified atom stereocenters. The molecule has 1 fully saturated rings. The topological polar surface area (TPSA) is 70.5 Å². The van der Waals surface area contributed by atoms with Crippen LogP contribution in [0.4, 0.5) is 5.69 Å². The lowest BCUT2D eigenvalue weighted by atomic mass is 10.2. The van der Waals surface area contributed by atoms with Gasteiger partial charge in [-0.3, -0.25) is 19.1 Å². The predicted octanol–water partition coefficient (Wildman–Crippen LogP) is 2.03. The molecule has 0 atom stereocenters. The molecule has 2 heterocycles. The number of aryl methyl sites for hydroxylation is 2. The highest BCUT2D eigenvalue weighted by Crippen LogP contribution is 2.17. The Labute approximate surface area is 182 Å². The minimum atomic E-state index is -0.107. The van der Waals surface area contributed by atoms with E-state index in [-0.39, 0.29) is 17.9 Å². The number of rotatable bonds is 7. The minimum Gasteiger partial charge on any atom is -0.369 e. The molecule has 3 aromatic rings. The highest BCUT2D eigenvalue weighted by Gasteiger charge is 2.17. The predicted molar refractivity (Wildman–Crippen MR) is 123 cm³/mol. The fraction of sp³-hybridized carbons (Fsp3) is 0.375. The first-order valence-corrected chi connectivity index (χ1v) is 10.8. The van der Waals surface area contributed by atoms with Crippen molar-refractivity contribution in [3.8, 4) is 0 Å². The molecular weight excluding hydrogens is 390 g/mol. The second-order valence-corrected chi connectivity index (χ2v) is 8.03. The number of piperazine rings is 1. The third-order valence-corrected chi connectivity index (χ3v) is 5.80. The van der Waals surface area contributed by atoms with E-state index in [0.29, 0.717) is 24.0 Å². The molecule has 0 saturated carbocycles. The largest absolute Gasteiger partial charge is 0.369 e. The summed E-state index contributed by atoms with van der Waals surface area (Å²) in [7, 11) is 0. The van der Waals surface area contributed by atoms with Crippen LogP contribution in [0.25, 0.3) is 10.9 Å². The second-order valence-electron chi connectivity index (χ2n) is 8.03. The molecule has 1 aliphatic rings. The van der Waals surface area contributed by atoms with Crippen LogP contribution in [0.3, 0.4) is 0 Å². The number of hydrogen-bond acceptors (Lipinski definition) is 5. The maximum Gasteiger partial charge on any atom is 0.261 e. The number of nitrogens with zero attached hydrogens (tertiary/aromatic N) is 4. The molecule has 31 heavy (non-hydrogen) atoms. The lowest BCUT2D eigenvalue weighted by Gasteiger charge is -2.36. The summed E-state index contributed by atoms with van der Waals surface area (Å²) < 4.78 is 1.51. The number of carbonyl (C=O) groups is 1. The highest BCUT2D eigenvalue weighted by atomic mass is 16.1.